The van der Waals surface area contributed by atoms with Crippen LogP contribution in [-0.4, -0.2) is 77.3 Å². The van der Waals surface area contributed by atoms with Crippen LogP contribution in [0.1, 0.15) is 85.5 Å². The van der Waals surface area contributed by atoms with Gasteiger partial charge in [-0.3, -0.25) is 0 Å². The van der Waals surface area contributed by atoms with E-state index in [-0.39, 0.29) is 34.6 Å². The maximum atomic E-state index is 10.7. The minimum absolute atomic E-state index is 0. The zero-order valence-electron chi connectivity index (χ0n) is 23.0. The van der Waals surface area contributed by atoms with Crippen LogP contribution in [0.2, 0.25) is 0 Å². The summed E-state index contributed by atoms with van der Waals surface area (Å²) in [5.41, 5.74) is 0.785. The van der Waals surface area contributed by atoms with Gasteiger partial charge in [0, 0.05) is 111 Å². The molecule has 0 aromatic rings. The Hall–Kier alpha value is -1.50. The second kappa shape index (κ2) is 21.3. The quantitative estimate of drug-likeness (QED) is 0.277. The van der Waals surface area contributed by atoms with Crippen LogP contribution >= 0.6 is 0 Å². The molecule has 3 unspecified atom stereocenters. The van der Waals surface area contributed by atoms with Gasteiger partial charge in [-0.25, -0.2) is 0 Å². The Kier molecular flexibility index (Phi) is 21.7. The molecule has 4 aliphatic heterocycles. The van der Waals surface area contributed by atoms with Gasteiger partial charge in [0.05, 0.1) is 0 Å². The molecular formula is C24H47ClN4NiO8+6. The molecule has 0 aliphatic carbocycles. The molecule has 3 fully saturated rings. The number of rotatable bonds is 0. The van der Waals surface area contributed by atoms with Crippen LogP contribution in [0.15, 0.2) is 23.9 Å². The van der Waals surface area contributed by atoms with Gasteiger partial charge in [0.25, 0.3) is 0 Å². The first-order valence-electron chi connectivity index (χ1n) is 13.0. The topological polar surface area (TPSA) is 164 Å². The van der Waals surface area contributed by atoms with Gasteiger partial charge in [-0.1, -0.05) is 6.08 Å². The van der Waals surface area contributed by atoms with Gasteiger partial charge >= 0.3 is 45.4 Å². The molecule has 4 heterocycles. The number of piperidine rings is 3. The normalized spacial score (nSPS) is 25.3. The Labute approximate surface area is 237 Å². The first-order chi connectivity index (χ1) is 17.2. The zero-order chi connectivity index (χ0) is 28.4. The van der Waals surface area contributed by atoms with Gasteiger partial charge in [0.2, 0.25) is 12.2 Å². The molecule has 0 aromatic carbocycles. The van der Waals surface area contributed by atoms with Gasteiger partial charge < -0.3 is 0 Å². The van der Waals surface area contributed by atoms with Crippen LogP contribution in [0.5, 0.6) is 0 Å². The van der Waals surface area contributed by atoms with E-state index in [4.69, 9.17) is 18.6 Å². The average molecular weight is 614 g/mol. The molecule has 222 valence electrons. The predicted octanol–water partition coefficient (Wildman–Crippen LogP) is 2.39. The van der Waals surface area contributed by atoms with E-state index in [1.54, 1.807) is 13.0 Å². The molecule has 3 saturated heterocycles. The van der Waals surface area contributed by atoms with Crippen LogP contribution in [0.3, 0.4) is 0 Å². The van der Waals surface area contributed by atoms with Crippen LogP contribution in [-0.2, 0) is 16.5 Å². The molecule has 3 N–H and O–H groups in total. The maximum absolute atomic E-state index is 10.7. The fourth-order valence-corrected chi connectivity index (χ4v) is 3.81. The molecule has 0 spiro atoms. The first-order valence-corrected chi connectivity index (χ1v) is 14.3. The molecule has 0 radical (unpaired) electrons. The fourth-order valence-electron chi connectivity index (χ4n) is 3.81. The van der Waals surface area contributed by atoms with Crippen LogP contribution in [0.25, 0.3) is 0 Å². The van der Waals surface area contributed by atoms with Crippen LogP contribution < -0.4 is 4.66 Å². The zero-order valence-corrected chi connectivity index (χ0v) is 24.8. The van der Waals surface area contributed by atoms with E-state index in [0.717, 1.165) is 68.6 Å². The van der Waals surface area contributed by atoms with Gasteiger partial charge in [-0.15, -0.1) is 0 Å². The SMILES string of the molecule is CC1=CC=CC[N+]1=O.CC1CCCC[N+]1=O.CC1CCCC[N+]1=O.CC1CCCC[N+]1=O.[Ni+2].[O-][Cl+](O)(O)O. The Bertz CT molecular complexity index is 737. The van der Waals surface area contributed by atoms with Crippen molar-refractivity contribution in [3.63, 3.8) is 0 Å². The number of hydrogen-bond acceptors (Lipinski definition) is 8. The van der Waals surface area contributed by atoms with E-state index in [1.165, 1.54) is 33.5 Å². The second-order valence-corrected chi connectivity index (χ2v) is 10.6. The summed E-state index contributed by atoms with van der Waals surface area (Å²) in [4.78, 5) is 42.7. The number of hydrogen-bond donors (Lipinski definition) is 3. The minimum atomic E-state index is -4.19. The van der Waals surface area contributed by atoms with E-state index < -0.39 is 10.2 Å². The average Bonchev–Trinajstić information content (AvgIpc) is 2.82. The molecule has 0 saturated carbocycles. The summed E-state index contributed by atoms with van der Waals surface area (Å²) in [7, 11) is -4.19. The molecule has 14 heteroatoms. The molecular weight excluding hydrogens is 566 g/mol. The summed E-state index contributed by atoms with van der Waals surface area (Å²) < 4.78 is 34.7. The van der Waals surface area contributed by atoms with Gasteiger partial charge in [-0.2, -0.15) is 0 Å². The van der Waals surface area contributed by atoms with Gasteiger partial charge in [0.1, 0.15) is 0 Å². The van der Waals surface area contributed by atoms with Crippen LogP contribution in [0.4, 0.5) is 0 Å². The number of nitroso groups, excluding NO2 is 4. The molecule has 3 atom stereocenters. The van der Waals surface area contributed by atoms with Gasteiger partial charge in [0.15, 0.2) is 37.8 Å². The van der Waals surface area contributed by atoms with Crippen molar-refractivity contribution in [1.82, 2.24) is 0 Å². The molecule has 4 aliphatic rings. The van der Waals surface area contributed by atoms with Crippen LogP contribution in [0, 0.1) is 29.9 Å². The van der Waals surface area contributed by atoms with Crippen molar-refractivity contribution in [3.05, 3.63) is 43.6 Å². The number of halogens is 1. The standard InChI is InChI=1S/3C6H12NO.C6H8NO.ClH3O4.Ni/c4*1-6-4-2-3-5-7(6)8;2-1(3,4)5;/h3*6H,2-5H2,1H3;2-4H,5H2,1H3;2-4H;/q4*+1;;+2. The Morgan fingerprint density at radius 1 is 0.737 bits per heavy atom. The summed E-state index contributed by atoms with van der Waals surface area (Å²) in [6.07, 6.45) is 15.8. The summed E-state index contributed by atoms with van der Waals surface area (Å²) in [6.45, 7) is 10.5. The molecule has 38 heavy (non-hydrogen) atoms. The molecule has 0 aromatic heterocycles. The van der Waals surface area contributed by atoms with Crippen molar-refractivity contribution in [2.75, 3.05) is 26.2 Å². The Morgan fingerprint density at radius 2 is 1.05 bits per heavy atom. The van der Waals surface area contributed by atoms with E-state index in [2.05, 4.69) is 0 Å². The first kappa shape index (κ1) is 38.7. The summed E-state index contributed by atoms with van der Waals surface area (Å²) in [5.74, 6) is 0. The molecule has 4 rings (SSSR count). The van der Waals surface area contributed by atoms with Gasteiger partial charge in [-0.05, 0) is 25.3 Å². The van der Waals surface area contributed by atoms with E-state index >= 15 is 0 Å². The van der Waals surface area contributed by atoms with Crippen molar-refractivity contribution in [2.45, 2.75) is 104 Å². The van der Waals surface area contributed by atoms with E-state index in [9.17, 15) is 19.6 Å². The summed E-state index contributed by atoms with van der Waals surface area (Å²) >= 11 is 0. The molecule has 12 nitrogen and oxygen atoms in total. The third-order valence-electron chi connectivity index (χ3n) is 6.36. The van der Waals surface area contributed by atoms with Crippen molar-refractivity contribution >= 4 is 0 Å². The molecule has 0 bridgehead atoms. The van der Waals surface area contributed by atoms with Crippen molar-refractivity contribution in [1.29, 1.82) is 0 Å². The Morgan fingerprint density at radius 3 is 1.21 bits per heavy atom. The summed E-state index contributed by atoms with van der Waals surface area (Å²) in [6, 6.07) is 0.844. The van der Waals surface area contributed by atoms with E-state index in [0.29, 0.717) is 6.54 Å². The monoisotopic (exact) mass is 612 g/mol. The second-order valence-electron chi connectivity index (χ2n) is 9.69. The van der Waals surface area contributed by atoms with Crippen molar-refractivity contribution < 1.29 is 64.4 Å². The third-order valence-corrected chi connectivity index (χ3v) is 6.36. The molecule has 0 amide bonds. The van der Waals surface area contributed by atoms with Crippen molar-refractivity contribution in [2.24, 2.45) is 0 Å². The summed E-state index contributed by atoms with van der Waals surface area (Å²) in [5, 5.41) is 0. The van der Waals surface area contributed by atoms with E-state index in [1.807, 2.05) is 32.9 Å². The third kappa shape index (κ3) is 21.4. The number of nitrogens with zero attached hydrogens (tertiary/aromatic N) is 4. The predicted molar refractivity (Wildman–Crippen MR) is 133 cm³/mol. The fraction of sp³-hybridized carbons (Fsp3) is 0.833. The number of allylic oxidation sites excluding steroid dienone is 3. The Balaban J connectivity index is 0. The van der Waals surface area contributed by atoms with Crippen molar-refractivity contribution in [3.8, 4) is 0 Å².